The summed E-state index contributed by atoms with van der Waals surface area (Å²) in [6.07, 6.45) is 3.85. The first kappa shape index (κ1) is 55.8. The van der Waals surface area contributed by atoms with Crippen LogP contribution in [-0.2, 0) is 20.8 Å². The van der Waals surface area contributed by atoms with Crippen LogP contribution in [0.25, 0.3) is 21.8 Å². The van der Waals surface area contributed by atoms with Crippen LogP contribution in [0.1, 0.15) is 31.2 Å². The molecule has 2 fully saturated rings. The molecule has 3 amide bonds. The van der Waals surface area contributed by atoms with Gasteiger partial charge in [0.2, 0.25) is 0 Å². The maximum Gasteiger partial charge on any atom is 0.409 e. The fraction of sp³-hybridized carbons (Fsp3) is 0.415. The summed E-state index contributed by atoms with van der Waals surface area (Å²) in [4.78, 5) is 61.2. The molecule has 21 nitrogen and oxygen atoms in total. The zero-order valence-corrected chi connectivity index (χ0v) is 46.0. The van der Waals surface area contributed by atoms with Gasteiger partial charge in [-0.2, -0.15) is 0 Å². The number of hydrogen-bond acceptors (Lipinski definition) is 18. The van der Waals surface area contributed by atoms with Gasteiger partial charge >= 0.3 is 18.3 Å². The lowest BCUT2D eigenvalue weighted by atomic mass is 9.98. The second kappa shape index (κ2) is 28.1. The Morgan fingerprint density at radius 1 is 0.705 bits per heavy atom. The number of methoxy groups -OCH3 is 1. The Morgan fingerprint density at radius 2 is 1.21 bits per heavy atom. The fourth-order valence-electron chi connectivity index (χ4n) is 8.86. The lowest BCUT2D eigenvalue weighted by Crippen LogP contribution is -2.42. The third kappa shape index (κ3) is 15.6. The number of rotatable bonds is 24. The van der Waals surface area contributed by atoms with E-state index in [9.17, 15) is 28.3 Å². The predicted molar refractivity (Wildman–Crippen MR) is 293 cm³/mol. The molecule has 6 aromatic rings. The molecule has 0 bridgehead atoms. The van der Waals surface area contributed by atoms with E-state index in [1.807, 2.05) is 4.90 Å². The van der Waals surface area contributed by atoms with Crippen molar-refractivity contribution in [2.75, 3.05) is 110 Å². The summed E-state index contributed by atoms with van der Waals surface area (Å²) in [5.41, 5.74) is 4.33. The van der Waals surface area contributed by atoms with Crippen LogP contribution < -0.4 is 35.9 Å². The monoisotopic (exact) mass is 1210 g/mol. The van der Waals surface area contributed by atoms with Crippen LogP contribution in [0.15, 0.2) is 82.3 Å². The Hall–Kier alpha value is -6.93. The number of aliphatic hydroxyl groups excluding tert-OH is 1. The highest BCUT2D eigenvalue weighted by Gasteiger charge is 2.27. The molecule has 2 aliphatic rings. The molecule has 2 saturated heterocycles. The molecule has 4 aromatic carbocycles. The van der Waals surface area contributed by atoms with Crippen molar-refractivity contribution in [3.63, 3.8) is 0 Å². The van der Waals surface area contributed by atoms with Crippen LogP contribution >= 0.6 is 31.9 Å². The van der Waals surface area contributed by atoms with Crippen LogP contribution in [0.2, 0.25) is 1.41 Å². The van der Waals surface area contributed by atoms with E-state index in [4.69, 9.17) is 29.8 Å². The highest BCUT2D eigenvalue weighted by atomic mass is 79.9. The van der Waals surface area contributed by atoms with Crippen LogP contribution in [0.3, 0.4) is 0 Å². The number of fused-ring (bicyclic) bond motifs is 2. The van der Waals surface area contributed by atoms with Crippen LogP contribution in [0.5, 0.6) is 17.2 Å². The summed E-state index contributed by atoms with van der Waals surface area (Å²) in [6.45, 7) is 3.57. The largest absolute Gasteiger partial charge is 0.493 e. The summed E-state index contributed by atoms with van der Waals surface area (Å²) in [5.74, 6) is 1.54. The normalized spacial score (nSPS) is 14.3. The number of aromatic nitrogens is 4. The average molecular weight is 1210 g/mol. The number of amides is 3. The minimum atomic E-state index is -0.640. The number of carbonyl (C=O) groups is 3. The standard InChI is InChI=1S/C53H61Br2F2N11O10/c1-73-47-25-39-45(61-32-63-50(39)65-43-5-3-37(55)24-41(43)57)27-48(47)78-30-34-8-14-68(15-9-34)53(72)76-21-18-66(16-19-74-51(70)59-11-10-58)17-20-75-52(71)67-12-6-33(7-13-67)29-77-46-26-44-38(22-35(46)28-69)49(62-31-60-44)64-42-4-2-36(54)23-40(42)56/h2-5,22-27,31-34,69H,6-21,28-30,58H2,1H3,(H,59,70)(H,60,62,64)(H,61,63,65)/i/hD. The molecule has 2 aliphatic heterocycles. The van der Waals surface area contributed by atoms with Gasteiger partial charge in [-0.1, -0.05) is 31.9 Å². The summed E-state index contributed by atoms with van der Waals surface area (Å²) in [7, 11) is 1.53. The van der Waals surface area contributed by atoms with Gasteiger partial charge in [0.1, 0.15) is 62.9 Å². The number of likely N-dealkylation sites (tertiary alicyclic amines) is 2. The number of hydrogen-bond donors (Lipinski definition) is 5. The maximum atomic E-state index is 14.6. The van der Waals surface area contributed by atoms with Crippen LogP contribution in [0, 0.1) is 23.5 Å². The molecular weight excluding hydrogens is 1150 g/mol. The smallest absolute Gasteiger partial charge is 0.409 e. The molecule has 78 heavy (non-hydrogen) atoms. The highest BCUT2D eigenvalue weighted by Crippen LogP contribution is 2.37. The van der Waals surface area contributed by atoms with Gasteiger partial charge in [0.25, 0.3) is 0 Å². The van der Waals surface area contributed by atoms with E-state index < -0.39 is 29.9 Å². The van der Waals surface area contributed by atoms with E-state index in [1.54, 1.807) is 58.3 Å². The lowest BCUT2D eigenvalue weighted by Gasteiger charge is -2.32. The van der Waals surface area contributed by atoms with Crippen molar-refractivity contribution in [3.05, 3.63) is 99.5 Å². The molecule has 0 atom stereocenters. The van der Waals surface area contributed by atoms with E-state index in [-0.39, 0.29) is 82.4 Å². The molecule has 2 aromatic heterocycles. The van der Waals surface area contributed by atoms with Crippen molar-refractivity contribution < 1.29 is 58.1 Å². The molecule has 4 heterocycles. The molecule has 25 heteroatoms. The number of nitrogens with two attached hydrogens (primary N) is 1. The van der Waals surface area contributed by atoms with E-state index in [2.05, 4.69) is 73.5 Å². The number of piperidine rings is 2. The Labute approximate surface area is 467 Å². The van der Waals surface area contributed by atoms with Crippen LogP contribution in [-0.4, -0.2) is 157 Å². The van der Waals surface area contributed by atoms with E-state index in [1.165, 1.54) is 31.9 Å². The molecule has 0 spiro atoms. The molecule has 6 N–H and O–H groups in total. The fourth-order valence-corrected chi connectivity index (χ4v) is 9.53. The molecule has 8 rings (SSSR count). The van der Waals surface area contributed by atoms with Crippen molar-refractivity contribution in [2.24, 2.45) is 17.6 Å². The minimum Gasteiger partial charge on any atom is -0.493 e. The number of ether oxygens (including phenoxy) is 6. The first-order valence-corrected chi connectivity index (χ1v) is 27.0. The second-order valence-electron chi connectivity index (χ2n) is 18.5. The van der Waals surface area contributed by atoms with Crippen molar-refractivity contribution in [1.29, 1.82) is 0 Å². The number of carbonyl (C=O) groups excluding carboxylic acids is 3. The summed E-state index contributed by atoms with van der Waals surface area (Å²) >= 11 is 6.54. The number of benzene rings is 4. The Morgan fingerprint density at radius 3 is 1.71 bits per heavy atom. The van der Waals surface area contributed by atoms with Gasteiger partial charge in [0, 0.05) is 96.3 Å². The molecule has 416 valence electrons. The Balaban J connectivity index is 0.763. The Bertz CT molecular complexity index is 2870. The van der Waals surface area contributed by atoms with Gasteiger partial charge in [0.05, 0.1) is 49.3 Å². The zero-order chi connectivity index (χ0) is 55.7. The third-order valence-electron chi connectivity index (χ3n) is 13.3. The summed E-state index contributed by atoms with van der Waals surface area (Å²) < 4.78 is 72.3. The maximum absolute atomic E-state index is 14.6. The molecule has 0 saturated carbocycles. The highest BCUT2D eigenvalue weighted by molar-refractivity contribution is 9.10. The number of nitrogens with one attached hydrogen (secondary N) is 3. The quantitative estimate of drug-likeness (QED) is 0.0281. The molecular formula is C53H61Br2F2N11O10. The van der Waals surface area contributed by atoms with Crippen molar-refractivity contribution in [2.45, 2.75) is 32.3 Å². The number of aliphatic hydroxyl groups is 1. The zero-order valence-electron chi connectivity index (χ0n) is 43.8. The number of alkyl carbamates (subject to hydrolysis) is 1. The van der Waals surface area contributed by atoms with Gasteiger partial charge in [-0.25, -0.2) is 43.1 Å². The van der Waals surface area contributed by atoms with Gasteiger partial charge in [-0.3, -0.25) is 4.90 Å². The first-order valence-electron chi connectivity index (χ1n) is 25.9. The van der Waals surface area contributed by atoms with Crippen LogP contribution in [0.4, 0.5) is 46.2 Å². The van der Waals surface area contributed by atoms with Crippen molar-refractivity contribution >= 4 is 95.0 Å². The average Bonchev–Trinajstić information content (AvgIpc) is 3.55. The number of nitrogens with zero attached hydrogens (tertiary/aromatic N) is 7. The minimum absolute atomic E-state index is 0.0110. The number of halogens is 4. The van der Waals surface area contributed by atoms with Gasteiger partial charge in [-0.05, 0) is 86.1 Å². The lowest BCUT2D eigenvalue weighted by molar-refractivity contribution is 0.0560. The Kier molecular flexibility index (Phi) is 20.1. The van der Waals surface area contributed by atoms with E-state index in [0.29, 0.717) is 130 Å². The van der Waals surface area contributed by atoms with Crippen molar-refractivity contribution in [1.82, 2.24) is 40.0 Å². The van der Waals surface area contributed by atoms with E-state index in [0.717, 1.165) is 0 Å². The first-order chi connectivity index (χ1) is 38.4. The second-order valence-corrected chi connectivity index (χ2v) is 20.3. The summed E-state index contributed by atoms with van der Waals surface area (Å²) in [5, 5.41) is 20.1. The van der Waals surface area contributed by atoms with Gasteiger partial charge in [0.15, 0.2) is 11.5 Å². The molecule has 0 radical (unpaired) electrons. The van der Waals surface area contributed by atoms with Gasteiger partial charge < -0.3 is 65.0 Å². The van der Waals surface area contributed by atoms with E-state index >= 15 is 0 Å². The predicted octanol–water partition coefficient (Wildman–Crippen LogP) is 8.51. The molecule has 0 unspecified atom stereocenters. The topological polar surface area (TPSA) is 250 Å². The number of anilines is 4. The van der Waals surface area contributed by atoms with Crippen molar-refractivity contribution in [3.8, 4) is 17.2 Å². The SMILES string of the molecule is [2H]NCCNC(=O)OCCN(CCOC(=O)N1CCC(COc2cc3ncnc(Nc4ccc(Br)cc4F)c3cc2CO)CC1)CCOC(=O)N1CCC(COc2cc3ncnc(Nc4ccc(Br)cc4F)c3cc2OC)CC1. The third-order valence-corrected chi connectivity index (χ3v) is 14.3. The molecule has 0 aliphatic carbocycles. The summed E-state index contributed by atoms with van der Waals surface area (Å²) in [6, 6.07) is 16.3. The van der Waals surface area contributed by atoms with Gasteiger partial charge in [-0.15, -0.1) is 0 Å².